The molecule has 0 saturated carbocycles. The first kappa shape index (κ1) is 16.0. The van der Waals surface area contributed by atoms with Gasteiger partial charge in [0.25, 0.3) is 0 Å². The molecular formula is C18H21ClFN. The molecular weight excluding hydrogens is 285 g/mol. The molecule has 0 aromatic heterocycles. The minimum Gasteiger partial charge on any atom is -0.319 e. The molecule has 0 aliphatic carbocycles. The molecule has 2 aromatic rings. The Morgan fingerprint density at radius 1 is 1.14 bits per heavy atom. The maximum absolute atomic E-state index is 13.5. The van der Waals surface area contributed by atoms with E-state index >= 15 is 0 Å². The van der Waals surface area contributed by atoms with Gasteiger partial charge in [0.15, 0.2) is 0 Å². The van der Waals surface area contributed by atoms with Crippen molar-refractivity contribution in [3.05, 3.63) is 70.0 Å². The van der Waals surface area contributed by atoms with Gasteiger partial charge in [0.2, 0.25) is 0 Å². The van der Waals surface area contributed by atoms with Gasteiger partial charge in [-0.1, -0.05) is 53.6 Å². The van der Waals surface area contributed by atoms with Gasteiger partial charge in [-0.25, -0.2) is 4.39 Å². The summed E-state index contributed by atoms with van der Waals surface area (Å²) in [6.45, 7) is 2.97. The molecule has 1 atom stereocenters. The average molecular weight is 306 g/mol. The van der Waals surface area contributed by atoms with Gasteiger partial charge >= 0.3 is 0 Å². The first-order valence-corrected chi connectivity index (χ1v) is 7.61. The number of benzene rings is 2. The fraction of sp³-hybridized carbons (Fsp3) is 0.333. The van der Waals surface area contributed by atoms with Gasteiger partial charge in [-0.2, -0.15) is 0 Å². The second-order valence-electron chi connectivity index (χ2n) is 5.53. The third kappa shape index (κ3) is 4.55. The van der Waals surface area contributed by atoms with Crippen molar-refractivity contribution < 1.29 is 4.39 Å². The van der Waals surface area contributed by atoms with Crippen molar-refractivity contribution in [1.82, 2.24) is 5.32 Å². The summed E-state index contributed by atoms with van der Waals surface area (Å²) < 4.78 is 13.5. The molecule has 2 rings (SSSR count). The van der Waals surface area contributed by atoms with Crippen LogP contribution in [-0.4, -0.2) is 13.6 Å². The zero-order valence-electron chi connectivity index (χ0n) is 12.5. The van der Waals surface area contributed by atoms with Crippen LogP contribution in [0.25, 0.3) is 0 Å². The lowest BCUT2D eigenvalue weighted by Crippen LogP contribution is -2.23. The smallest absolute Gasteiger partial charge is 0.142 e. The molecule has 2 aromatic carbocycles. The monoisotopic (exact) mass is 305 g/mol. The highest BCUT2D eigenvalue weighted by molar-refractivity contribution is 6.31. The zero-order chi connectivity index (χ0) is 15.2. The summed E-state index contributed by atoms with van der Waals surface area (Å²) in [5.74, 6) is 0.0454. The van der Waals surface area contributed by atoms with E-state index in [-0.39, 0.29) is 10.8 Å². The van der Waals surface area contributed by atoms with Crippen molar-refractivity contribution >= 4 is 11.6 Å². The molecule has 0 aliphatic rings. The zero-order valence-corrected chi connectivity index (χ0v) is 13.3. The van der Waals surface area contributed by atoms with E-state index in [0.717, 1.165) is 24.9 Å². The lowest BCUT2D eigenvalue weighted by Gasteiger charge is -2.18. The van der Waals surface area contributed by atoms with Gasteiger partial charge in [-0.3, -0.25) is 0 Å². The molecule has 0 bridgehead atoms. The summed E-state index contributed by atoms with van der Waals surface area (Å²) in [6.07, 6.45) is 1.72. The molecule has 0 aliphatic heterocycles. The molecule has 0 spiro atoms. The number of rotatable bonds is 6. The predicted octanol–water partition coefficient (Wildman–Crippen LogP) is 4.41. The van der Waals surface area contributed by atoms with Crippen molar-refractivity contribution in [3.63, 3.8) is 0 Å². The number of nitrogens with one attached hydrogen (secondary N) is 1. The number of aryl methyl sites for hydroxylation is 1. The van der Waals surface area contributed by atoms with Crippen LogP contribution >= 0.6 is 11.6 Å². The predicted molar refractivity (Wildman–Crippen MR) is 87.4 cm³/mol. The molecule has 0 radical (unpaired) electrons. The van der Waals surface area contributed by atoms with Gasteiger partial charge in [0.1, 0.15) is 5.82 Å². The van der Waals surface area contributed by atoms with Crippen LogP contribution in [0.2, 0.25) is 5.02 Å². The largest absolute Gasteiger partial charge is 0.319 e. The second-order valence-corrected chi connectivity index (χ2v) is 5.91. The van der Waals surface area contributed by atoms with Crippen LogP contribution in [0.1, 0.15) is 16.7 Å². The van der Waals surface area contributed by atoms with Crippen LogP contribution in [0.5, 0.6) is 0 Å². The van der Waals surface area contributed by atoms with Crippen molar-refractivity contribution in [3.8, 4) is 0 Å². The van der Waals surface area contributed by atoms with E-state index < -0.39 is 0 Å². The van der Waals surface area contributed by atoms with E-state index in [1.165, 1.54) is 17.2 Å². The Bertz CT molecular complexity index is 598. The highest BCUT2D eigenvalue weighted by atomic mass is 35.5. The van der Waals surface area contributed by atoms with Crippen molar-refractivity contribution in [1.29, 1.82) is 0 Å². The minimum absolute atomic E-state index is 0.253. The Morgan fingerprint density at radius 3 is 2.62 bits per heavy atom. The van der Waals surface area contributed by atoms with Crippen LogP contribution in [-0.2, 0) is 12.8 Å². The summed E-state index contributed by atoms with van der Waals surface area (Å²) in [4.78, 5) is 0. The summed E-state index contributed by atoms with van der Waals surface area (Å²) in [7, 11) is 1.94. The van der Waals surface area contributed by atoms with Gasteiger partial charge in [0.05, 0.1) is 5.02 Å². The van der Waals surface area contributed by atoms with Gasteiger partial charge in [0, 0.05) is 0 Å². The van der Waals surface area contributed by atoms with Gasteiger partial charge in [-0.15, -0.1) is 0 Å². The number of hydrogen-bond donors (Lipinski definition) is 1. The molecule has 1 unspecified atom stereocenters. The van der Waals surface area contributed by atoms with E-state index in [1.54, 1.807) is 6.07 Å². The molecule has 1 N–H and O–H groups in total. The quantitative estimate of drug-likeness (QED) is 0.833. The second kappa shape index (κ2) is 7.58. The van der Waals surface area contributed by atoms with E-state index in [2.05, 4.69) is 36.5 Å². The summed E-state index contributed by atoms with van der Waals surface area (Å²) >= 11 is 6.07. The van der Waals surface area contributed by atoms with Crippen LogP contribution in [0.15, 0.2) is 42.5 Å². The Hall–Kier alpha value is -1.38. The normalized spacial score (nSPS) is 12.4. The van der Waals surface area contributed by atoms with Crippen molar-refractivity contribution in [2.45, 2.75) is 19.8 Å². The molecule has 21 heavy (non-hydrogen) atoms. The molecule has 3 heteroatoms. The first-order chi connectivity index (χ1) is 10.1. The number of hydrogen-bond acceptors (Lipinski definition) is 1. The third-order valence-corrected chi connectivity index (χ3v) is 4.06. The minimum atomic E-state index is -0.340. The topological polar surface area (TPSA) is 12.0 Å². The Morgan fingerprint density at radius 2 is 1.90 bits per heavy atom. The lowest BCUT2D eigenvalue weighted by molar-refractivity contribution is 0.491. The highest BCUT2D eigenvalue weighted by Gasteiger charge is 2.14. The fourth-order valence-electron chi connectivity index (χ4n) is 2.69. The average Bonchev–Trinajstić information content (AvgIpc) is 2.44. The van der Waals surface area contributed by atoms with E-state index in [9.17, 15) is 4.39 Å². The molecule has 1 nitrogen and oxygen atoms in total. The Labute approximate surface area is 131 Å². The molecule has 0 saturated heterocycles. The van der Waals surface area contributed by atoms with Gasteiger partial charge in [-0.05, 0) is 56.5 Å². The standard InChI is InChI=1S/C18H21ClFN/c1-13-5-3-6-14(9-13)10-15(12-21-2)11-16-7-4-8-17(20)18(16)19/h3-9,15,21H,10-12H2,1-2H3. The van der Waals surface area contributed by atoms with E-state index in [4.69, 9.17) is 11.6 Å². The summed E-state index contributed by atoms with van der Waals surface area (Å²) in [5, 5.41) is 3.47. The first-order valence-electron chi connectivity index (χ1n) is 7.23. The SMILES string of the molecule is CNCC(Cc1cccc(C)c1)Cc1cccc(F)c1Cl. The molecule has 0 fully saturated rings. The maximum atomic E-state index is 13.5. The van der Waals surface area contributed by atoms with Crippen molar-refractivity contribution in [2.75, 3.05) is 13.6 Å². The maximum Gasteiger partial charge on any atom is 0.142 e. The molecule has 0 heterocycles. The molecule has 0 amide bonds. The van der Waals surface area contributed by atoms with Crippen LogP contribution < -0.4 is 5.32 Å². The summed E-state index contributed by atoms with van der Waals surface area (Å²) in [5.41, 5.74) is 3.45. The van der Waals surface area contributed by atoms with E-state index in [1.807, 2.05) is 13.1 Å². The lowest BCUT2D eigenvalue weighted by atomic mass is 9.92. The fourth-order valence-corrected chi connectivity index (χ4v) is 2.90. The van der Waals surface area contributed by atoms with Crippen molar-refractivity contribution in [2.24, 2.45) is 5.92 Å². The van der Waals surface area contributed by atoms with Gasteiger partial charge < -0.3 is 5.32 Å². The van der Waals surface area contributed by atoms with Crippen LogP contribution in [0.4, 0.5) is 4.39 Å². The third-order valence-electron chi connectivity index (χ3n) is 3.64. The van der Waals surface area contributed by atoms with Crippen LogP contribution in [0.3, 0.4) is 0 Å². The number of halogens is 2. The van der Waals surface area contributed by atoms with Crippen LogP contribution in [0, 0.1) is 18.7 Å². The summed E-state index contributed by atoms with van der Waals surface area (Å²) in [6, 6.07) is 13.6. The van der Waals surface area contributed by atoms with E-state index in [0.29, 0.717) is 5.92 Å². The molecule has 112 valence electrons. The Balaban J connectivity index is 2.13. The highest BCUT2D eigenvalue weighted by Crippen LogP contribution is 2.24. The Kier molecular flexibility index (Phi) is 5.77.